The van der Waals surface area contributed by atoms with Crippen molar-refractivity contribution in [1.82, 2.24) is 0 Å². The molecule has 14 heavy (non-hydrogen) atoms. The third kappa shape index (κ3) is 1.50. The first-order valence-electron chi connectivity index (χ1n) is 5.16. The fourth-order valence-corrected chi connectivity index (χ4v) is 1.96. The second-order valence-corrected chi connectivity index (χ2v) is 3.89. The van der Waals surface area contributed by atoms with Crippen LogP contribution in [-0.4, -0.2) is 11.2 Å². The highest BCUT2D eigenvalue weighted by Crippen LogP contribution is 2.31. The maximum atomic E-state index is 9.94. The molecular weight excluding hydrogens is 176 g/mol. The lowest BCUT2D eigenvalue weighted by atomic mass is 9.95. The average molecular weight is 192 g/mol. The van der Waals surface area contributed by atoms with Crippen LogP contribution in [0.15, 0.2) is 12.1 Å². The van der Waals surface area contributed by atoms with E-state index in [0.717, 1.165) is 24.0 Å². The lowest BCUT2D eigenvalue weighted by Crippen LogP contribution is -2.19. The maximum Gasteiger partial charge on any atom is 0.124 e. The summed E-state index contributed by atoms with van der Waals surface area (Å²) in [4.78, 5) is 0. The SMILES string of the molecule is CCc1ccc2c(c1O)COC(C)C2. The van der Waals surface area contributed by atoms with Crippen LogP contribution in [0, 0.1) is 0 Å². The molecule has 1 aromatic carbocycles. The molecule has 1 N–H and O–H groups in total. The number of hydrogen-bond donors (Lipinski definition) is 1. The lowest BCUT2D eigenvalue weighted by Gasteiger charge is -2.24. The highest BCUT2D eigenvalue weighted by molar-refractivity contribution is 5.46. The smallest absolute Gasteiger partial charge is 0.124 e. The minimum absolute atomic E-state index is 0.273. The topological polar surface area (TPSA) is 29.5 Å². The van der Waals surface area contributed by atoms with Crippen LogP contribution < -0.4 is 0 Å². The second-order valence-electron chi connectivity index (χ2n) is 3.89. The van der Waals surface area contributed by atoms with Gasteiger partial charge in [0.1, 0.15) is 5.75 Å². The molecular formula is C12H16O2. The van der Waals surface area contributed by atoms with Crippen molar-refractivity contribution < 1.29 is 9.84 Å². The van der Waals surface area contributed by atoms with E-state index >= 15 is 0 Å². The number of ether oxygens (including phenoxy) is 1. The summed E-state index contributed by atoms with van der Waals surface area (Å²) in [5.41, 5.74) is 3.24. The highest BCUT2D eigenvalue weighted by Gasteiger charge is 2.19. The van der Waals surface area contributed by atoms with E-state index < -0.39 is 0 Å². The molecule has 0 fully saturated rings. The Bertz CT molecular complexity index is 344. The molecule has 0 saturated carbocycles. The van der Waals surface area contributed by atoms with Gasteiger partial charge in [-0.15, -0.1) is 0 Å². The van der Waals surface area contributed by atoms with Gasteiger partial charge in [0.25, 0.3) is 0 Å². The summed E-state index contributed by atoms with van der Waals surface area (Å²) >= 11 is 0. The molecule has 2 nitrogen and oxygen atoms in total. The molecule has 0 bridgehead atoms. The van der Waals surface area contributed by atoms with Crippen molar-refractivity contribution in [1.29, 1.82) is 0 Å². The Morgan fingerprint density at radius 2 is 2.29 bits per heavy atom. The lowest BCUT2D eigenvalue weighted by molar-refractivity contribution is 0.0396. The third-order valence-corrected chi connectivity index (χ3v) is 2.86. The Morgan fingerprint density at radius 1 is 1.50 bits per heavy atom. The number of aryl methyl sites for hydroxylation is 1. The Labute approximate surface area is 84.5 Å². The number of aromatic hydroxyl groups is 1. The van der Waals surface area contributed by atoms with E-state index in [1.54, 1.807) is 0 Å². The van der Waals surface area contributed by atoms with Gasteiger partial charge in [-0.1, -0.05) is 19.1 Å². The van der Waals surface area contributed by atoms with Crippen molar-refractivity contribution >= 4 is 0 Å². The molecule has 0 aromatic heterocycles. The number of hydrogen-bond acceptors (Lipinski definition) is 2. The van der Waals surface area contributed by atoms with E-state index in [1.165, 1.54) is 5.56 Å². The van der Waals surface area contributed by atoms with Crippen LogP contribution in [0.3, 0.4) is 0 Å². The molecule has 1 heterocycles. The van der Waals surface area contributed by atoms with E-state index in [0.29, 0.717) is 12.4 Å². The number of phenolic OH excluding ortho intramolecular Hbond substituents is 1. The summed E-state index contributed by atoms with van der Waals surface area (Å²) in [7, 11) is 0. The van der Waals surface area contributed by atoms with Gasteiger partial charge in [-0.3, -0.25) is 0 Å². The van der Waals surface area contributed by atoms with E-state index in [2.05, 4.69) is 13.0 Å². The minimum atomic E-state index is 0.273. The van der Waals surface area contributed by atoms with Gasteiger partial charge in [0.05, 0.1) is 12.7 Å². The van der Waals surface area contributed by atoms with Crippen molar-refractivity contribution in [3.63, 3.8) is 0 Å². The van der Waals surface area contributed by atoms with E-state index in [9.17, 15) is 5.11 Å². The predicted octanol–water partition coefficient (Wildman–Crippen LogP) is 2.42. The molecule has 0 saturated heterocycles. The molecule has 1 aliphatic rings. The normalized spacial score (nSPS) is 20.6. The Kier molecular flexibility index (Phi) is 2.46. The average Bonchev–Trinajstić information content (AvgIpc) is 2.18. The predicted molar refractivity (Wildman–Crippen MR) is 55.4 cm³/mol. The zero-order chi connectivity index (χ0) is 10.1. The summed E-state index contributed by atoms with van der Waals surface area (Å²) in [6, 6.07) is 4.14. The van der Waals surface area contributed by atoms with Crippen molar-refractivity contribution in [3.8, 4) is 5.75 Å². The van der Waals surface area contributed by atoms with E-state index in [-0.39, 0.29) is 6.10 Å². The first kappa shape index (κ1) is 9.53. The van der Waals surface area contributed by atoms with Crippen molar-refractivity contribution in [2.24, 2.45) is 0 Å². The number of phenols is 1. The summed E-state index contributed by atoms with van der Waals surface area (Å²) in [5, 5.41) is 9.94. The van der Waals surface area contributed by atoms with Gasteiger partial charge in [-0.2, -0.15) is 0 Å². The van der Waals surface area contributed by atoms with Gasteiger partial charge in [-0.25, -0.2) is 0 Å². The fraction of sp³-hybridized carbons (Fsp3) is 0.500. The molecule has 0 spiro atoms. The van der Waals surface area contributed by atoms with Crippen LogP contribution in [0.1, 0.15) is 30.5 Å². The molecule has 1 atom stereocenters. The molecule has 2 heteroatoms. The van der Waals surface area contributed by atoms with Gasteiger partial charge in [0.15, 0.2) is 0 Å². The van der Waals surface area contributed by atoms with Crippen molar-refractivity contribution in [2.75, 3.05) is 0 Å². The summed E-state index contributed by atoms with van der Waals surface area (Å²) in [6.45, 7) is 4.66. The van der Waals surface area contributed by atoms with Crippen LogP contribution in [0.2, 0.25) is 0 Å². The molecule has 1 aliphatic heterocycles. The maximum absolute atomic E-state index is 9.94. The van der Waals surface area contributed by atoms with Gasteiger partial charge in [0.2, 0.25) is 0 Å². The zero-order valence-corrected chi connectivity index (χ0v) is 8.71. The zero-order valence-electron chi connectivity index (χ0n) is 8.71. The first-order chi connectivity index (χ1) is 6.72. The Morgan fingerprint density at radius 3 is 3.00 bits per heavy atom. The number of rotatable bonds is 1. The van der Waals surface area contributed by atoms with Crippen LogP contribution in [0.25, 0.3) is 0 Å². The van der Waals surface area contributed by atoms with Gasteiger partial charge in [-0.05, 0) is 30.9 Å². The first-order valence-corrected chi connectivity index (χ1v) is 5.16. The quantitative estimate of drug-likeness (QED) is 0.740. The van der Waals surface area contributed by atoms with Crippen LogP contribution >= 0.6 is 0 Å². The highest BCUT2D eigenvalue weighted by atomic mass is 16.5. The van der Waals surface area contributed by atoms with Crippen LogP contribution in [-0.2, 0) is 24.2 Å². The molecule has 0 amide bonds. The molecule has 1 aromatic rings. The Balaban J connectivity index is 2.43. The number of fused-ring (bicyclic) bond motifs is 1. The van der Waals surface area contributed by atoms with E-state index in [1.807, 2.05) is 13.0 Å². The van der Waals surface area contributed by atoms with Crippen molar-refractivity contribution in [2.45, 2.75) is 39.4 Å². The molecule has 76 valence electrons. The monoisotopic (exact) mass is 192 g/mol. The van der Waals surface area contributed by atoms with E-state index in [4.69, 9.17) is 4.74 Å². The third-order valence-electron chi connectivity index (χ3n) is 2.86. The molecule has 0 radical (unpaired) electrons. The fourth-order valence-electron chi connectivity index (χ4n) is 1.96. The van der Waals surface area contributed by atoms with Crippen molar-refractivity contribution in [3.05, 3.63) is 28.8 Å². The standard InChI is InChI=1S/C12H16O2/c1-3-9-4-5-10-6-8(2)14-7-11(10)12(9)13/h4-5,8,13H,3,6-7H2,1-2H3. The Hall–Kier alpha value is -1.02. The van der Waals surface area contributed by atoms with Gasteiger partial charge in [0, 0.05) is 5.56 Å². The molecule has 2 rings (SSSR count). The summed E-state index contributed by atoms with van der Waals surface area (Å²) in [5.74, 6) is 0.442. The number of benzene rings is 1. The summed E-state index contributed by atoms with van der Waals surface area (Å²) in [6.07, 6.45) is 2.05. The minimum Gasteiger partial charge on any atom is -0.507 e. The van der Waals surface area contributed by atoms with Crippen LogP contribution in [0.4, 0.5) is 0 Å². The summed E-state index contributed by atoms with van der Waals surface area (Å²) < 4.78 is 5.52. The van der Waals surface area contributed by atoms with Crippen LogP contribution in [0.5, 0.6) is 5.75 Å². The second kappa shape index (κ2) is 3.62. The molecule has 1 unspecified atom stereocenters. The molecule has 0 aliphatic carbocycles. The largest absolute Gasteiger partial charge is 0.507 e. The van der Waals surface area contributed by atoms with Gasteiger partial charge < -0.3 is 9.84 Å². The van der Waals surface area contributed by atoms with Gasteiger partial charge >= 0.3 is 0 Å².